The van der Waals surface area contributed by atoms with Gasteiger partial charge in [0.15, 0.2) is 0 Å². The predicted octanol–water partition coefficient (Wildman–Crippen LogP) is 2.57. The normalized spacial score (nSPS) is 16.1. The van der Waals surface area contributed by atoms with Crippen molar-refractivity contribution in [2.45, 2.75) is 19.5 Å². The average Bonchev–Trinajstić information content (AvgIpc) is 2.72. The summed E-state index contributed by atoms with van der Waals surface area (Å²) in [5.41, 5.74) is 8.36. The first-order valence-corrected chi connectivity index (χ1v) is 7.27. The number of aromatic nitrogens is 1. The van der Waals surface area contributed by atoms with Crippen LogP contribution in [0.25, 0.3) is 10.9 Å². The summed E-state index contributed by atoms with van der Waals surface area (Å²) in [6, 6.07) is 8.84. The topological polar surface area (TPSA) is 34.2 Å². The summed E-state index contributed by atoms with van der Waals surface area (Å²) in [7, 11) is 0. The smallest absolute Gasteiger partial charge is 0.0484 e. The number of benzene rings is 1. The molecule has 2 aromatic rings. The zero-order valence-electron chi connectivity index (χ0n) is 10.4. The van der Waals surface area contributed by atoms with Crippen molar-refractivity contribution in [3.05, 3.63) is 34.4 Å². The summed E-state index contributed by atoms with van der Waals surface area (Å²) in [5.74, 6) is 0. The fourth-order valence-corrected chi connectivity index (χ4v) is 3.13. The highest BCUT2D eigenvalue weighted by Crippen LogP contribution is 2.26. The van der Waals surface area contributed by atoms with E-state index in [1.54, 1.807) is 0 Å². The third-order valence-corrected chi connectivity index (χ3v) is 4.15. The fourth-order valence-electron chi connectivity index (χ4n) is 2.75. The molecule has 0 spiro atoms. The van der Waals surface area contributed by atoms with Crippen LogP contribution in [0.1, 0.15) is 12.1 Å². The second-order valence-corrected chi connectivity index (χ2v) is 5.82. The van der Waals surface area contributed by atoms with Crippen molar-refractivity contribution in [2.24, 2.45) is 5.73 Å². The lowest BCUT2D eigenvalue weighted by atomic mass is 10.2. The number of hydrogen-bond acceptors (Lipinski definition) is 2. The van der Waals surface area contributed by atoms with E-state index in [-0.39, 0.29) is 0 Å². The number of rotatable bonds is 3. The molecular weight excluding hydrogens is 290 g/mol. The van der Waals surface area contributed by atoms with Crippen LogP contribution in [0.2, 0.25) is 0 Å². The molecule has 1 aromatic heterocycles. The maximum absolute atomic E-state index is 5.58. The zero-order chi connectivity index (χ0) is 12.5. The van der Waals surface area contributed by atoms with Crippen LogP contribution in [0.5, 0.6) is 0 Å². The molecule has 0 bridgehead atoms. The third kappa shape index (κ3) is 2.20. The van der Waals surface area contributed by atoms with Crippen LogP contribution >= 0.6 is 15.9 Å². The molecule has 2 N–H and O–H groups in total. The molecule has 0 saturated heterocycles. The van der Waals surface area contributed by atoms with E-state index in [0.29, 0.717) is 0 Å². The van der Waals surface area contributed by atoms with Crippen LogP contribution in [-0.4, -0.2) is 29.1 Å². The Balaban J connectivity index is 1.90. The minimum absolute atomic E-state index is 0.784. The standard InChI is InChI=1S/C14H18BrN3/c15-12-2-3-14-11(8-12)9-13-10-17(5-1-4-16)6-7-18(13)14/h2-3,8-9H,1,4-7,10,16H2. The number of nitrogens with zero attached hydrogens (tertiary/aromatic N) is 2. The van der Waals surface area contributed by atoms with E-state index in [9.17, 15) is 0 Å². The lowest BCUT2D eigenvalue weighted by molar-refractivity contribution is 0.222. The van der Waals surface area contributed by atoms with Gasteiger partial charge in [-0.05, 0) is 43.8 Å². The van der Waals surface area contributed by atoms with Gasteiger partial charge in [0.25, 0.3) is 0 Å². The van der Waals surface area contributed by atoms with E-state index in [2.05, 4.69) is 49.7 Å². The predicted molar refractivity (Wildman–Crippen MR) is 78.6 cm³/mol. The summed E-state index contributed by atoms with van der Waals surface area (Å²) in [4.78, 5) is 2.50. The van der Waals surface area contributed by atoms with Gasteiger partial charge < -0.3 is 10.3 Å². The molecule has 0 atom stereocenters. The maximum Gasteiger partial charge on any atom is 0.0484 e. The molecular formula is C14H18BrN3. The van der Waals surface area contributed by atoms with Crippen LogP contribution in [-0.2, 0) is 13.1 Å². The van der Waals surface area contributed by atoms with Gasteiger partial charge in [-0.25, -0.2) is 0 Å². The Morgan fingerprint density at radius 1 is 1.22 bits per heavy atom. The molecule has 0 amide bonds. The molecule has 4 heteroatoms. The van der Waals surface area contributed by atoms with Gasteiger partial charge in [-0.2, -0.15) is 0 Å². The number of fused-ring (bicyclic) bond motifs is 3. The Labute approximate surface area is 116 Å². The molecule has 3 rings (SSSR count). The van der Waals surface area contributed by atoms with Crippen LogP contribution in [0.15, 0.2) is 28.7 Å². The molecule has 0 saturated carbocycles. The molecule has 0 fully saturated rings. The zero-order valence-corrected chi connectivity index (χ0v) is 12.0. The van der Waals surface area contributed by atoms with Gasteiger partial charge in [0, 0.05) is 40.7 Å². The molecule has 0 aliphatic carbocycles. The third-order valence-electron chi connectivity index (χ3n) is 3.65. The minimum Gasteiger partial charge on any atom is -0.342 e. The number of hydrogen-bond donors (Lipinski definition) is 1. The van der Waals surface area contributed by atoms with Crippen molar-refractivity contribution in [1.29, 1.82) is 0 Å². The Morgan fingerprint density at radius 3 is 2.94 bits per heavy atom. The largest absolute Gasteiger partial charge is 0.342 e. The Morgan fingerprint density at radius 2 is 2.11 bits per heavy atom. The van der Waals surface area contributed by atoms with Crippen LogP contribution in [0.4, 0.5) is 0 Å². The van der Waals surface area contributed by atoms with Crippen molar-refractivity contribution in [1.82, 2.24) is 9.47 Å². The van der Waals surface area contributed by atoms with E-state index in [0.717, 1.165) is 43.6 Å². The van der Waals surface area contributed by atoms with Crippen LogP contribution < -0.4 is 5.73 Å². The first-order chi connectivity index (χ1) is 8.78. The molecule has 0 radical (unpaired) electrons. The van der Waals surface area contributed by atoms with Gasteiger partial charge in [0.2, 0.25) is 0 Å². The van der Waals surface area contributed by atoms with Gasteiger partial charge in [0.05, 0.1) is 0 Å². The van der Waals surface area contributed by atoms with E-state index in [4.69, 9.17) is 5.73 Å². The monoisotopic (exact) mass is 307 g/mol. The summed E-state index contributed by atoms with van der Waals surface area (Å²) in [5, 5.41) is 1.33. The summed E-state index contributed by atoms with van der Waals surface area (Å²) in [6.07, 6.45) is 1.09. The Hall–Kier alpha value is -0.840. The second-order valence-electron chi connectivity index (χ2n) is 4.91. The van der Waals surface area contributed by atoms with Gasteiger partial charge in [-0.15, -0.1) is 0 Å². The quantitative estimate of drug-likeness (QED) is 0.945. The van der Waals surface area contributed by atoms with Gasteiger partial charge in [-0.3, -0.25) is 4.90 Å². The lowest BCUT2D eigenvalue weighted by Crippen LogP contribution is -2.34. The lowest BCUT2D eigenvalue weighted by Gasteiger charge is -2.28. The molecule has 1 aliphatic heterocycles. The van der Waals surface area contributed by atoms with Crippen molar-refractivity contribution in [2.75, 3.05) is 19.6 Å². The molecule has 18 heavy (non-hydrogen) atoms. The number of nitrogens with two attached hydrogens (primary N) is 1. The molecule has 1 aromatic carbocycles. The van der Waals surface area contributed by atoms with E-state index >= 15 is 0 Å². The molecule has 1 aliphatic rings. The van der Waals surface area contributed by atoms with E-state index < -0.39 is 0 Å². The van der Waals surface area contributed by atoms with Crippen LogP contribution in [0, 0.1) is 0 Å². The fraction of sp³-hybridized carbons (Fsp3) is 0.429. The Bertz CT molecular complexity index is 561. The first-order valence-electron chi connectivity index (χ1n) is 6.48. The van der Waals surface area contributed by atoms with Crippen molar-refractivity contribution < 1.29 is 0 Å². The van der Waals surface area contributed by atoms with Crippen LogP contribution in [0.3, 0.4) is 0 Å². The molecule has 0 unspecified atom stereocenters. The number of halogens is 1. The highest BCUT2D eigenvalue weighted by Gasteiger charge is 2.17. The maximum atomic E-state index is 5.58. The SMILES string of the molecule is NCCCN1CCn2c(cc3cc(Br)ccc32)C1. The van der Waals surface area contributed by atoms with Gasteiger partial charge in [0.1, 0.15) is 0 Å². The van der Waals surface area contributed by atoms with E-state index in [1.807, 2.05) is 0 Å². The highest BCUT2D eigenvalue weighted by molar-refractivity contribution is 9.10. The van der Waals surface area contributed by atoms with Crippen molar-refractivity contribution >= 4 is 26.8 Å². The van der Waals surface area contributed by atoms with Gasteiger partial charge >= 0.3 is 0 Å². The summed E-state index contributed by atoms with van der Waals surface area (Å²) >= 11 is 3.54. The summed E-state index contributed by atoms with van der Waals surface area (Å²) in [6.45, 7) is 5.17. The first kappa shape index (κ1) is 12.2. The minimum atomic E-state index is 0.784. The molecule has 96 valence electrons. The van der Waals surface area contributed by atoms with Gasteiger partial charge in [-0.1, -0.05) is 15.9 Å². The van der Waals surface area contributed by atoms with Crippen molar-refractivity contribution in [3.63, 3.8) is 0 Å². The highest BCUT2D eigenvalue weighted by atomic mass is 79.9. The molecule has 2 heterocycles. The second kappa shape index (κ2) is 5.03. The molecule has 3 nitrogen and oxygen atoms in total. The average molecular weight is 308 g/mol. The Kier molecular flexibility index (Phi) is 3.41. The van der Waals surface area contributed by atoms with E-state index in [1.165, 1.54) is 16.6 Å². The summed E-state index contributed by atoms with van der Waals surface area (Å²) < 4.78 is 3.60. The van der Waals surface area contributed by atoms with Crippen molar-refractivity contribution in [3.8, 4) is 0 Å².